The fraction of sp³-hybridized carbons (Fsp3) is 0. The summed E-state index contributed by atoms with van der Waals surface area (Å²) in [6, 6.07) is 60.8. The minimum absolute atomic E-state index is 0.581. The first kappa shape index (κ1) is 29.9. The van der Waals surface area contributed by atoms with Gasteiger partial charge in [-0.25, -0.2) is 4.98 Å². The van der Waals surface area contributed by atoms with Crippen LogP contribution in [0, 0.1) is 0 Å². The summed E-state index contributed by atoms with van der Waals surface area (Å²) in [4.78, 5) is 7.37. The third kappa shape index (κ3) is 4.39. The first-order valence-electron chi connectivity index (χ1n) is 18.4. The average molecular weight is 708 g/mol. The first-order chi connectivity index (χ1) is 27.3. The van der Waals surface area contributed by atoms with Crippen molar-refractivity contribution in [2.45, 2.75) is 0 Å². The number of nitrogens with zero attached hydrogens (tertiary/aromatic N) is 3. The molecule has 8 aromatic carbocycles. The molecule has 0 aliphatic carbocycles. The van der Waals surface area contributed by atoms with Crippen LogP contribution in [-0.4, -0.2) is 9.55 Å². The number of para-hydroxylation sites is 4. The molecule has 0 fully saturated rings. The molecular weight excluding hydrogens is 679 g/mol. The molecule has 0 aliphatic rings. The molecule has 12 rings (SSSR count). The number of rotatable bonds is 5. The largest absolute Gasteiger partial charge is 0.456 e. The molecule has 0 aliphatic heterocycles. The Morgan fingerprint density at radius 1 is 0.436 bits per heavy atom. The number of benzene rings is 8. The van der Waals surface area contributed by atoms with Gasteiger partial charge in [0.15, 0.2) is 11.2 Å². The van der Waals surface area contributed by atoms with Crippen LogP contribution in [0.1, 0.15) is 0 Å². The van der Waals surface area contributed by atoms with Crippen molar-refractivity contribution in [2.24, 2.45) is 0 Å². The van der Waals surface area contributed by atoms with E-state index in [9.17, 15) is 0 Å². The summed E-state index contributed by atoms with van der Waals surface area (Å²) in [5, 5.41) is 6.30. The zero-order chi connectivity index (χ0) is 36.0. The van der Waals surface area contributed by atoms with Crippen LogP contribution >= 0.6 is 0 Å². The monoisotopic (exact) mass is 707 g/mol. The summed E-state index contributed by atoms with van der Waals surface area (Å²) in [5.41, 5.74) is 11.9. The Hall–Kier alpha value is -7.57. The molecule has 0 saturated heterocycles. The number of anilines is 3. The van der Waals surface area contributed by atoms with Gasteiger partial charge in [-0.3, -0.25) is 0 Å². The van der Waals surface area contributed by atoms with Gasteiger partial charge < -0.3 is 22.7 Å². The van der Waals surface area contributed by atoms with E-state index in [0.29, 0.717) is 11.5 Å². The number of aromatic nitrogens is 2. The molecule has 0 bridgehead atoms. The molecule has 4 aromatic heterocycles. The van der Waals surface area contributed by atoms with E-state index in [-0.39, 0.29) is 0 Å². The quantitative estimate of drug-likeness (QED) is 0.178. The van der Waals surface area contributed by atoms with Crippen molar-refractivity contribution in [3.05, 3.63) is 176 Å². The molecule has 0 saturated carbocycles. The number of hydrogen-bond acceptors (Lipinski definition) is 5. The van der Waals surface area contributed by atoms with Crippen molar-refractivity contribution in [3.63, 3.8) is 0 Å². The van der Waals surface area contributed by atoms with Gasteiger partial charge >= 0.3 is 0 Å². The van der Waals surface area contributed by atoms with Crippen LogP contribution < -0.4 is 4.90 Å². The Bertz CT molecular complexity index is 3440. The van der Waals surface area contributed by atoms with Crippen molar-refractivity contribution in [1.82, 2.24) is 9.55 Å². The summed E-state index contributed by atoms with van der Waals surface area (Å²) in [7, 11) is 0. The number of oxazole rings is 1. The highest BCUT2D eigenvalue weighted by Gasteiger charge is 2.26. The fourth-order valence-electron chi connectivity index (χ4n) is 8.44. The lowest BCUT2D eigenvalue weighted by Gasteiger charge is -2.26. The van der Waals surface area contributed by atoms with Gasteiger partial charge in [0.25, 0.3) is 0 Å². The predicted molar refractivity (Wildman–Crippen MR) is 223 cm³/mol. The molecule has 0 atom stereocenters. The van der Waals surface area contributed by atoms with Crippen LogP contribution in [0.25, 0.3) is 93.9 Å². The average Bonchev–Trinajstić information content (AvgIpc) is 4.02. The summed E-state index contributed by atoms with van der Waals surface area (Å²) < 4.78 is 21.9. The SMILES string of the molecule is c1ccc(-c2nc3c(ccc4oc5c(N(c6ccc7oc8ccccc8c7c6)c6cccc7c6c6ccccc6n7-c6ccccc6)cccc5c43)o2)cc1. The van der Waals surface area contributed by atoms with E-state index in [1.165, 1.54) is 0 Å². The zero-order valence-corrected chi connectivity index (χ0v) is 29.3. The molecular formula is C49H29N3O3. The number of furan rings is 2. The number of hydrogen-bond donors (Lipinski definition) is 0. The Morgan fingerprint density at radius 2 is 1.11 bits per heavy atom. The molecule has 0 N–H and O–H groups in total. The second-order valence-electron chi connectivity index (χ2n) is 13.9. The minimum Gasteiger partial charge on any atom is -0.456 e. The summed E-state index contributed by atoms with van der Waals surface area (Å²) in [6.45, 7) is 0. The van der Waals surface area contributed by atoms with Gasteiger partial charge in [0.2, 0.25) is 5.89 Å². The van der Waals surface area contributed by atoms with E-state index in [0.717, 1.165) is 99.5 Å². The van der Waals surface area contributed by atoms with E-state index in [1.807, 2.05) is 54.6 Å². The Kier molecular flexibility index (Phi) is 6.24. The normalized spacial score (nSPS) is 12.0. The predicted octanol–water partition coefficient (Wildman–Crippen LogP) is 13.9. The maximum absolute atomic E-state index is 6.90. The minimum atomic E-state index is 0.581. The van der Waals surface area contributed by atoms with E-state index in [1.54, 1.807) is 0 Å². The smallest absolute Gasteiger partial charge is 0.227 e. The lowest BCUT2D eigenvalue weighted by molar-refractivity contribution is 0.619. The standard InChI is InChI=1S/C49H29N3O3/c1-3-13-30(14-4-1)49-50-47-44(55-49)28-27-43-46(47)35-19-11-23-40(48(35)54-43)52(32-25-26-42-36(29-32)33-17-8-10-24-41(33)53-42)39-22-12-21-38-45(39)34-18-7-9-20-37(34)51(38)31-15-5-2-6-16-31/h1-29H. The van der Waals surface area contributed by atoms with Gasteiger partial charge in [0.05, 0.1) is 27.8 Å². The lowest BCUT2D eigenvalue weighted by atomic mass is 10.1. The Labute approximate surface area is 313 Å². The van der Waals surface area contributed by atoms with Gasteiger partial charge in [-0.05, 0) is 84.9 Å². The molecule has 0 amide bonds. The van der Waals surface area contributed by atoms with Gasteiger partial charge in [-0.15, -0.1) is 0 Å². The van der Waals surface area contributed by atoms with Gasteiger partial charge in [-0.1, -0.05) is 91.0 Å². The molecule has 0 unspecified atom stereocenters. The molecule has 4 heterocycles. The summed E-state index contributed by atoms with van der Waals surface area (Å²) in [5.74, 6) is 0.581. The topological polar surface area (TPSA) is 60.5 Å². The van der Waals surface area contributed by atoms with E-state index < -0.39 is 0 Å². The summed E-state index contributed by atoms with van der Waals surface area (Å²) in [6.07, 6.45) is 0. The molecule has 55 heavy (non-hydrogen) atoms. The van der Waals surface area contributed by atoms with Crippen molar-refractivity contribution in [2.75, 3.05) is 4.90 Å². The third-order valence-corrected chi connectivity index (χ3v) is 10.8. The Balaban J connectivity index is 1.17. The van der Waals surface area contributed by atoms with Gasteiger partial charge in [0, 0.05) is 43.9 Å². The first-order valence-corrected chi connectivity index (χ1v) is 18.4. The van der Waals surface area contributed by atoms with E-state index >= 15 is 0 Å². The number of fused-ring (bicyclic) bond motifs is 11. The molecule has 6 nitrogen and oxygen atoms in total. The second kappa shape index (κ2) is 11.5. The van der Waals surface area contributed by atoms with Gasteiger partial charge in [-0.2, -0.15) is 0 Å². The van der Waals surface area contributed by atoms with Crippen LogP contribution in [-0.2, 0) is 0 Å². The molecule has 12 aromatic rings. The Morgan fingerprint density at radius 3 is 2.00 bits per heavy atom. The van der Waals surface area contributed by atoms with Crippen molar-refractivity contribution in [3.8, 4) is 17.1 Å². The highest BCUT2D eigenvalue weighted by atomic mass is 16.4. The second-order valence-corrected chi connectivity index (χ2v) is 13.9. The van der Waals surface area contributed by atoms with Crippen LogP contribution in [0.4, 0.5) is 17.1 Å². The highest BCUT2D eigenvalue weighted by Crippen LogP contribution is 2.48. The van der Waals surface area contributed by atoms with Gasteiger partial charge in [0.1, 0.15) is 22.3 Å². The van der Waals surface area contributed by atoms with Crippen molar-refractivity contribution < 1.29 is 13.3 Å². The highest BCUT2D eigenvalue weighted by molar-refractivity contribution is 6.21. The molecule has 258 valence electrons. The molecule has 0 radical (unpaired) electrons. The third-order valence-electron chi connectivity index (χ3n) is 10.8. The van der Waals surface area contributed by atoms with Crippen LogP contribution in [0.5, 0.6) is 0 Å². The molecule has 6 heteroatoms. The summed E-state index contributed by atoms with van der Waals surface area (Å²) >= 11 is 0. The van der Waals surface area contributed by atoms with Crippen molar-refractivity contribution in [1.29, 1.82) is 0 Å². The van der Waals surface area contributed by atoms with Crippen molar-refractivity contribution >= 4 is 93.8 Å². The van der Waals surface area contributed by atoms with E-state index in [4.69, 9.17) is 18.2 Å². The zero-order valence-electron chi connectivity index (χ0n) is 29.3. The molecule has 0 spiro atoms. The maximum Gasteiger partial charge on any atom is 0.227 e. The van der Waals surface area contributed by atoms with Crippen LogP contribution in [0.2, 0.25) is 0 Å². The van der Waals surface area contributed by atoms with Crippen LogP contribution in [0.3, 0.4) is 0 Å². The maximum atomic E-state index is 6.90. The lowest BCUT2D eigenvalue weighted by Crippen LogP contribution is -2.10. The fourth-order valence-corrected chi connectivity index (χ4v) is 8.44. The van der Waals surface area contributed by atoms with Crippen LogP contribution in [0.15, 0.2) is 189 Å². The van der Waals surface area contributed by atoms with E-state index in [2.05, 4.69) is 131 Å².